The molecular formula is C22H21N3O2. The highest BCUT2D eigenvalue weighted by molar-refractivity contribution is 6.04. The fourth-order valence-corrected chi connectivity index (χ4v) is 3.16. The zero-order chi connectivity index (χ0) is 18.8. The highest BCUT2D eigenvalue weighted by Crippen LogP contribution is 2.34. The third-order valence-corrected chi connectivity index (χ3v) is 4.67. The van der Waals surface area contributed by atoms with E-state index < -0.39 is 0 Å². The van der Waals surface area contributed by atoms with Gasteiger partial charge in [0.05, 0.1) is 0 Å². The molecule has 1 aliphatic heterocycles. The highest BCUT2D eigenvalue weighted by Gasteiger charge is 2.25. The van der Waals surface area contributed by atoms with Crippen molar-refractivity contribution in [2.45, 2.75) is 12.5 Å². The van der Waals surface area contributed by atoms with E-state index in [1.54, 1.807) is 6.20 Å². The number of fused-ring (bicyclic) bond motifs is 1. The molecule has 1 N–H and O–H groups in total. The van der Waals surface area contributed by atoms with Gasteiger partial charge in [-0.1, -0.05) is 24.3 Å². The Morgan fingerprint density at radius 3 is 2.67 bits per heavy atom. The van der Waals surface area contributed by atoms with Gasteiger partial charge in [-0.25, -0.2) is 4.98 Å². The highest BCUT2D eigenvalue weighted by atomic mass is 16.5. The maximum Gasteiger partial charge on any atom is 0.255 e. The molecule has 2 aromatic carbocycles. The van der Waals surface area contributed by atoms with E-state index in [9.17, 15) is 4.79 Å². The Kier molecular flexibility index (Phi) is 4.50. The lowest BCUT2D eigenvalue weighted by atomic mass is 10.0. The van der Waals surface area contributed by atoms with Gasteiger partial charge in [-0.15, -0.1) is 0 Å². The third kappa shape index (κ3) is 3.62. The Bertz CT molecular complexity index is 942. The second kappa shape index (κ2) is 7.11. The minimum Gasteiger partial charge on any atom is -0.469 e. The van der Waals surface area contributed by atoms with Crippen molar-refractivity contribution in [1.82, 2.24) is 4.98 Å². The second-order valence-corrected chi connectivity index (χ2v) is 6.80. The van der Waals surface area contributed by atoms with Crippen LogP contribution in [0.2, 0.25) is 0 Å². The molecule has 0 bridgehead atoms. The number of benzene rings is 2. The number of nitrogens with one attached hydrogen (secondary N) is 1. The fourth-order valence-electron chi connectivity index (χ4n) is 3.16. The van der Waals surface area contributed by atoms with Crippen LogP contribution >= 0.6 is 0 Å². The first-order chi connectivity index (χ1) is 13.1. The van der Waals surface area contributed by atoms with Gasteiger partial charge in [0.15, 0.2) is 0 Å². The van der Waals surface area contributed by atoms with E-state index in [4.69, 9.17) is 4.74 Å². The summed E-state index contributed by atoms with van der Waals surface area (Å²) in [6.07, 6.45) is 2.52. The smallest absolute Gasteiger partial charge is 0.255 e. The van der Waals surface area contributed by atoms with Crippen LogP contribution in [0, 0.1) is 0 Å². The fraction of sp³-hybridized carbons (Fsp3) is 0.182. The van der Waals surface area contributed by atoms with Crippen molar-refractivity contribution in [2.24, 2.45) is 0 Å². The van der Waals surface area contributed by atoms with Gasteiger partial charge in [0.25, 0.3) is 5.91 Å². The maximum atomic E-state index is 12.5. The number of pyridine rings is 1. The van der Waals surface area contributed by atoms with Crippen LogP contribution in [0.15, 0.2) is 66.9 Å². The lowest BCUT2D eigenvalue weighted by Crippen LogP contribution is -2.14. The number of amides is 1. The number of hydrogen-bond acceptors (Lipinski definition) is 4. The first-order valence-corrected chi connectivity index (χ1v) is 8.89. The van der Waals surface area contributed by atoms with Crippen molar-refractivity contribution in [3.8, 4) is 5.88 Å². The van der Waals surface area contributed by atoms with Crippen molar-refractivity contribution in [3.05, 3.63) is 83.6 Å². The maximum absolute atomic E-state index is 12.5. The van der Waals surface area contributed by atoms with Gasteiger partial charge < -0.3 is 15.0 Å². The molecule has 5 nitrogen and oxygen atoms in total. The molecule has 5 heteroatoms. The molecule has 1 unspecified atom stereocenters. The zero-order valence-electron chi connectivity index (χ0n) is 15.3. The van der Waals surface area contributed by atoms with E-state index in [0.717, 1.165) is 28.9 Å². The third-order valence-electron chi connectivity index (χ3n) is 4.67. The number of hydrogen-bond donors (Lipinski definition) is 1. The molecule has 0 spiro atoms. The minimum atomic E-state index is -0.125. The molecule has 3 aromatic rings. The van der Waals surface area contributed by atoms with Crippen molar-refractivity contribution < 1.29 is 9.53 Å². The topological polar surface area (TPSA) is 54.5 Å². The Morgan fingerprint density at radius 2 is 1.93 bits per heavy atom. The number of anilines is 2. The number of rotatable bonds is 4. The average Bonchev–Trinajstić information content (AvgIpc) is 3.13. The number of carbonyl (C=O) groups excluding carboxylic acids is 1. The van der Waals surface area contributed by atoms with Crippen LogP contribution in [0.1, 0.15) is 27.6 Å². The van der Waals surface area contributed by atoms with E-state index in [2.05, 4.69) is 10.3 Å². The first kappa shape index (κ1) is 17.1. The van der Waals surface area contributed by atoms with Crippen molar-refractivity contribution in [1.29, 1.82) is 0 Å². The van der Waals surface area contributed by atoms with E-state index in [1.807, 2.05) is 79.7 Å². The predicted octanol–water partition coefficient (Wildman–Crippen LogP) is 4.08. The van der Waals surface area contributed by atoms with Gasteiger partial charge in [-0.05, 0) is 42.0 Å². The first-order valence-electron chi connectivity index (χ1n) is 8.89. The molecular weight excluding hydrogens is 338 g/mol. The normalized spacial score (nSPS) is 15.0. The summed E-state index contributed by atoms with van der Waals surface area (Å²) in [5.74, 6) is 0.584. The van der Waals surface area contributed by atoms with E-state index >= 15 is 0 Å². The minimum absolute atomic E-state index is 0.0311. The van der Waals surface area contributed by atoms with Crippen LogP contribution in [0.3, 0.4) is 0 Å². The number of nitrogens with zero attached hydrogens (tertiary/aromatic N) is 2. The molecule has 0 radical (unpaired) electrons. The molecule has 0 fully saturated rings. The van der Waals surface area contributed by atoms with Gasteiger partial charge >= 0.3 is 0 Å². The molecule has 27 heavy (non-hydrogen) atoms. The summed E-state index contributed by atoms with van der Waals surface area (Å²) >= 11 is 0. The number of carbonyl (C=O) groups is 1. The average molecular weight is 359 g/mol. The van der Waals surface area contributed by atoms with Gasteiger partial charge in [-0.3, -0.25) is 4.79 Å². The number of ether oxygens (including phenoxy) is 1. The summed E-state index contributed by atoms with van der Waals surface area (Å²) in [4.78, 5) is 18.8. The van der Waals surface area contributed by atoms with Crippen LogP contribution in [0.25, 0.3) is 0 Å². The molecule has 1 amide bonds. The molecule has 0 aliphatic carbocycles. The summed E-state index contributed by atoms with van der Waals surface area (Å²) in [7, 11) is 3.91. The zero-order valence-corrected chi connectivity index (χ0v) is 15.3. The lowest BCUT2D eigenvalue weighted by Gasteiger charge is -2.14. The molecule has 1 aliphatic rings. The van der Waals surface area contributed by atoms with E-state index in [1.165, 1.54) is 0 Å². The van der Waals surface area contributed by atoms with Gasteiger partial charge in [-0.2, -0.15) is 0 Å². The molecule has 136 valence electrons. The summed E-state index contributed by atoms with van der Waals surface area (Å²) < 4.78 is 5.92. The van der Waals surface area contributed by atoms with E-state index in [-0.39, 0.29) is 12.0 Å². The predicted molar refractivity (Wildman–Crippen MR) is 106 cm³/mol. The monoisotopic (exact) mass is 359 g/mol. The Labute approximate surface area is 158 Å². The summed E-state index contributed by atoms with van der Waals surface area (Å²) in [6.45, 7) is 0. The second-order valence-electron chi connectivity index (χ2n) is 6.80. The van der Waals surface area contributed by atoms with Crippen LogP contribution in [-0.4, -0.2) is 25.0 Å². The summed E-state index contributed by atoms with van der Waals surface area (Å²) in [5, 5.41) is 2.95. The lowest BCUT2D eigenvalue weighted by molar-refractivity contribution is 0.102. The molecule has 4 rings (SSSR count). The summed E-state index contributed by atoms with van der Waals surface area (Å²) in [6, 6.07) is 19.3. The Hall–Kier alpha value is -3.34. The molecule has 1 atom stereocenters. The van der Waals surface area contributed by atoms with Gasteiger partial charge in [0.1, 0.15) is 6.10 Å². The molecule has 0 saturated heterocycles. The molecule has 2 heterocycles. The largest absolute Gasteiger partial charge is 0.469 e. The quantitative estimate of drug-likeness (QED) is 0.763. The number of aromatic nitrogens is 1. The Balaban J connectivity index is 1.44. The van der Waals surface area contributed by atoms with Crippen LogP contribution in [0.4, 0.5) is 11.4 Å². The van der Waals surface area contributed by atoms with Gasteiger partial charge in [0.2, 0.25) is 5.88 Å². The standard InChI is InChI=1S/C22H21N3O2/c1-25(2)19-7-3-5-16(13-19)21(26)24-18-10-8-15(9-11-18)20-14-17-6-4-12-23-22(17)27-20/h3-13,20H,14H2,1-2H3,(H,24,26). The van der Waals surface area contributed by atoms with Gasteiger partial charge in [0, 0.05) is 49.2 Å². The van der Waals surface area contributed by atoms with Crippen LogP contribution in [0.5, 0.6) is 5.88 Å². The molecule has 0 saturated carbocycles. The van der Waals surface area contributed by atoms with Crippen molar-refractivity contribution in [2.75, 3.05) is 24.3 Å². The van der Waals surface area contributed by atoms with Crippen LogP contribution in [-0.2, 0) is 6.42 Å². The SMILES string of the molecule is CN(C)c1cccc(C(=O)Nc2ccc(C3Cc4cccnc4O3)cc2)c1. The van der Waals surface area contributed by atoms with Crippen molar-refractivity contribution in [3.63, 3.8) is 0 Å². The van der Waals surface area contributed by atoms with E-state index in [0.29, 0.717) is 11.4 Å². The summed E-state index contributed by atoms with van der Waals surface area (Å²) in [5.41, 5.74) is 4.57. The Morgan fingerprint density at radius 1 is 1.11 bits per heavy atom. The molecule has 1 aromatic heterocycles. The van der Waals surface area contributed by atoms with Crippen molar-refractivity contribution >= 4 is 17.3 Å². The van der Waals surface area contributed by atoms with Crippen LogP contribution < -0.4 is 15.0 Å².